The molecule has 3 heterocycles. The first-order valence-electron chi connectivity index (χ1n) is 14.7. The molecule has 1 aromatic heterocycles. The number of hydrogen-bond acceptors (Lipinski definition) is 6. The molecule has 8 nitrogen and oxygen atoms in total. The first-order chi connectivity index (χ1) is 19.4. The Balaban J connectivity index is 1.26. The molecule has 0 amide bonds. The van der Waals surface area contributed by atoms with Crippen molar-refractivity contribution >= 4 is 20.9 Å². The summed E-state index contributed by atoms with van der Waals surface area (Å²) in [6.07, 6.45) is 3.85. The van der Waals surface area contributed by atoms with Crippen LogP contribution >= 0.6 is 0 Å². The molecule has 2 saturated heterocycles. The maximum absolute atomic E-state index is 12.3. The first-order valence-corrected chi connectivity index (χ1v) is 16.3. The van der Waals surface area contributed by atoms with Gasteiger partial charge in [-0.1, -0.05) is 18.2 Å². The summed E-state index contributed by atoms with van der Waals surface area (Å²) in [6, 6.07) is 13.5. The highest BCUT2D eigenvalue weighted by Crippen LogP contribution is 2.37. The molecule has 9 heteroatoms. The van der Waals surface area contributed by atoms with Crippen molar-refractivity contribution in [3.63, 3.8) is 0 Å². The lowest BCUT2D eigenvalue weighted by Crippen LogP contribution is -2.46. The van der Waals surface area contributed by atoms with Crippen LogP contribution in [0.2, 0.25) is 0 Å². The lowest BCUT2D eigenvalue weighted by Gasteiger charge is -2.34. The zero-order valence-corrected chi connectivity index (χ0v) is 24.8. The van der Waals surface area contributed by atoms with Crippen LogP contribution in [0.4, 0.5) is 0 Å². The number of H-pyrrole nitrogens is 1. The van der Waals surface area contributed by atoms with Gasteiger partial charge in [0.2, 0.25) is 10.0 Å². The summed E-state index contributed by atoms with van der Waals surface area (Å²) in [5, 5.41) is 10.1. The molecule has 2 aliphatic heterocycles. The number of aliphatic hydroxyl groups is 1. The zero-order chi connectivity index (χ0) is 28.1. The predicted octanol–water partition coefficient (Wildman–Crippen LogP) is 3.80. The van der Waals surface area contributed by atoms with Gasteiger partial charge in [-0.15, -0.1) is 0 Å². The third-order valence-electron chi connectivity index (χ3n) is 8.59. The van der Waals surface area contributed by atoms with Gasteiger partial charge in [0, 0.05) is 69.5 Å². The summed E-state index contributed by atoms with van der Waals surface area (Å²) in [5.74, 6) is 0.530. The molecule has 5 rings (SSSR count). The smallest absolute Gasteiger partial charge is 0.213 e. The Kier molecular flexibility index (Phi) is 9.60. The van der Waals surface area contributed by atoms with Gasteiger partial charge in [0.1, 0.15) is 0 Å². The normalized spacial score (nSPS) is 18.6. The Morgan fingerprint density at radius 2 is 1.73 bits per heavy atom. The molecule has 0 atom stereocenters. The number of fused-ring (bicyclic) bond motifs is 1. The van der Waals surface area contributed by atoms with E-state index in [1.165, 1.54) is 38.7 Å². The van der Waals surface area contributed by atoms with Gasteiger partial charge in [0.15, 0.2) is 0 Å². The number of piperidine rings is 1. The zero-order valence-electron chi connectivity index (χ0n) is 23.9. The van der Waals surface area contributed by atoms with Gasteiger partial charge in [-0.05, 0) is 78.6 Å². The SMILES string of the molecule is CCS(=O)(=O)N1CCC(c2c[nH]c3c(C)cc(-c4cccc(CN5CCN(CCOCCO)CC5)c4)cc23)CC1. The van der Waals surface area contributed by atoms with Gasteiger partial charge in [0.05, 0.1) is 25.6 Å². The van der Waals surface area contributed by atoms with Crippen molar-refractivity contribution in [3.05, 3.63) is 59.3 Å². The molecular formula is C31H44N4O4S. The summed E-state index contributed by atoms with van der Waals surface area (Å²) in [5.41, 5.74) is 7.51. The molecule has 0 radical (unpaired) electrons. The number of benzene rings is 2. The van der Waals surface area contributed by atoms with E-state index in [9.17, 15) is 8.42 Å². The molecule has 3 aromatic rings. The topological polar surface area (TPSA) is 89.1 Å². The van der Waals surface area contributed by atoms with Gasteiger partial charge >= 0.3 is 0 Å². The van der Waals surface area contributed by atoms with E-state index in [1.807, 2.05) is 0 Å². The molecule has 0 aliphatic carbocycles. The third kappa shape index (κ3) is 6.78. The standard InChI is InChI=1S/C31H44N4O4S/c1-3-40(37,38)35-9-7-26(8-10-35)30-22-32-31-24(2)19-28(21-29(30)31)27-6-4-5-25(20-27)23-34-13-11-33(12-14-34)15-17-39-18-16-36/h4-6,19-22,26,32,36H,3,7-18,23H2,1-2H3. The second-order valence-corrected chi connectivity index (χ2v) is 13.4. The Morgan fingerprint density at radius 1 is 0.975 bits per heavy atom. The Morgan fingerprint density at radius 3 is 2.45 bits per heavy atom. The van der Waals surface area contributed by atoms with Crippen LogP contribution in [0.5, 0.6) is 0 Å². The van der Waals surface area contributed by atoms with Crippen molar-refractivity contribution in [2.24, 2.45) is 0 Å². The van der Waals surface area contributed by atoms with E-state index in [-0.39, 0.29) is 12.4 Å². The minimum atomic E-state index is -3.12. The molecule has 0 saturated carbocycles. The lowest BCUT2D eigenvalue weighted by atomic mass is 9.88. The second-order valence-electron chi connectivity index (χ2n) is 11.2. The van der Waals surface area contributed by atoms with Crippen molar-refractivity contribution < 1.29 is 18.3 Å². The van der Waals surface area contributed by atoms with E-state index in [1.54, 1.807) is 11.2 Å². The number of aliphatic hydroxyl groups excluding tert-OH is 1. The number of sulfonamides is 1. The van der Waals surface area contributed by atoms with Gasteiger partial charge in [-0.25, -0.2) is 12.7 Å². The average molecular weight is 569 g/mol. The summed E-state index contributed by atoms with van der Waals surface area (Å²) in [4.78, 5) is 8.47. The average Bonchev–Trinajstić information content (AvgIpc) is 3.41. The number of aromatic nitrogens is 1. The number of aryl methyl sites for hydroxylation is 1. The van der Waals surface area contributed by atoms with Gasteiger partial charge in [-0.2, -0.15) is 0 Å². The van der Waals surface area contributed by atoms with Crippen molar-refractivity contribution in [2.45, 2.75) is 39.2 Å². The molecule has 40 heavy (non-hydrogen) atoms. The quantitative estimate of drug-likeness (QED) is 0.342. The molecule has 0 spiro atoms. The van der Waals surface area contributed by atoms with E-state index < -0.39 is 10.0 Å². The molecule has 2 aromatic carbocycles. The number of rotatable bonds is 11. The maximum Gasteiger partial charge on any atom is 0.213 e. The highest BCUT2D eigenvalue weighted by atomic mass is 32.2. The number of aromatic amines is 1. The fourth-order valence-electron chi connectivity index (χ4n) is 6.20. The molecular weight excluding hydrogens is 524 g/mol. The van der Waals surface area contributed by atoms with Crippen LogP contribution in [-0.4, -0.2) is 104 Å². The number of hydrogen-bond donors (Lipinski definition) is 2. The first kappa shape index (κ1) is 29.2. The predicted molar refractivity (Wildman–Crippen MR) is 161 cm³/mol. The lowest BCUT2D eigenvalue weighted by molar-refractivity contribution is 0.0564. The molecule has 218 valence electrons. The van der Waals surface area contributed by atoms with E-state index in [2.05, 4.69) is 64.3 Å². The minimum absolute atomic E-state index is 0.0827. The fourth-order valence-corrected chi connectivity index (χ4v) is 7.34. The summed E-state index contributed by atoms with van der Waals surface area (Å²) in [6.45, 7) is 12.3. The summed E-state index contributed by atoms with van der Waals surface area (Å²) < 4.78 is 31.8. The van der Waals surface area contributed by atoms with Crippen LogP contribution in [-0.2, 0) is 21.3 Å². The molecule has 2 N–H and O–H groups in total. The van der Waals surface area contributed by atoms with Gasteiger partial charge < -0.3 is 14.8 Å². The number of nitrogens with one attached hydrogen (secondary N) is 1. The Labute approximate surface area is 239 Å². The minimum Gasteiger partial charge on any atom is -0.394 e. The molecule has 2 aliphatic rings. The number of piperazine rings is 1. The van der Waals surface area contributed by atoms with Crippen molar-refractivity contribution in [1.82, 2.24) is 19.1 Å². The fraction of sp³-hybridized carbons (Fsp3) is 0.548. The highest BCUT2D eigenvalue weighted by Gasteiger charge is 2.29. The van der Waals surface area contributed by atoms with Crippen molar-refractivity contribution in [2.75, 3.05) is 71.4 Å². The molecule has 0 unspecified atom stereocenters. The Hall–Kier alpha value is -2.27. The van der Waals surface area contributed by atoms with Crippen LogP contribution in [0.1, 0.15) is 42.4 Å². The van der Waals surface area contributed by atoms with Crippen LogP contribution in [0.15, 0.2) is 42.6 Å². The molecule has 0 bridgehead atoms. The number of ether oxygens (including phenoxy) is 1. The maximum atomic E-state index is 12.3. The van der Waals surface area contributed by atoms with Crippen molar-refractivity contribution in [1.29, 1.82) is 0 Å². The number of nitrogens with zero attached hydrogens (tertiary/aromatic N) is 3. The van der Waals surface area contributed by atoms with E-state index in [0.717, 1.165) is 52.1 Å². The third-order valence-corrected chi connectivity index (χ3v) is 10.5. The van der Waals surface area contributed by atoms with E-state index >= 15 is 0 Å². The van der Waals surface area contributed by atoms with E-state index in [0.29, 0.717) is 32.2 Å². The van der Waals surface area contributed by atoms with Gasteiger partial charge in [0.25, 0.3) is 0 Å². The van der Waals surface area contributed by atoms with Crippen molar-refractivity contribution in [3.8, 4) is 11.1 Å². The van der Waals surface area contributed by atoms with Crippen LogP contribution in [0.3, 0.4) is 0 Å². The van der Waals surface area contributed by atoms with Crippen LogP contribution in [0, 0.1) is 6.92 Å². The highest BCUT2D eigenvalue weighted by molar-refractivity contribution is 7.89. The largest absolute Gasteiger partial charge is 0.394 e. The van der Waals surface area contributed by atoms with Gasteiger partial charge in [-0.3, -0.25) is 9.80 Å². The van der Waals surface area contributed by atoms with E-state index in [4.69, 9.17) is 9.84 Å². The summed E-state index contributed by atoms with van der Waals surface area (Å²) in [7, 11) is -3.12. The molecule has 2 fully saturated rings. The second kappa shape index (κ2) is 13.1. The monoisotopic (exact) mass is 568 g/mol. The van der Waals surface area contributed by atoms with Crippen LogP contribution < -0.4 is 0 Å². The van der Waals surface area contributed by atoms with Crippen LogP contribution in [0.25, 0.3) is 22.0 Å². The Bertz CT molecular complexity index is 1370. The summed E-state index contributed by atoms with van der Waals surface area (Å²) >= 11 is 0.